The third-order valence-electron chi connectivity index (χ3n) is 3.97. The number of nitrogens with two attached hydrogens (primary N) is 1. The predicted octanol–water partition coefficient (Wildman–Crippen LogP) is -2.22. The van der Waals surface area contributed by atoms with Crippen LogP contribution in [0.3, 0.4) is 0 Å². The van der Waals surface area contributed by atoms with E-state index in [0.717, 1.165) is 12.1 Å². The lowest BCUT2D eigenvalue weighted by Gasteiger charge is -2.45. The minimum Gasteiger partial charge on any atom is -0.398 e. The van der Waals surface area contributed by atoms with Crippen LogP contribution in [0.2, 0.25) is 0 Å². The fraction of sp³-hybridized carbons (Fsp3) is 0.308. The van der Waals surface area contributed by atoms with Gasteiger partial charge < -0.3 is 21.1 Å². The molecule has 0 radical (unpaired) electrons. The lowest BCUT2D eigenvalue weighted by molar-refractivity contribution is -0.306. The van der Waals surface area contributed by atoms with Crippen molar-refractivity contribution in [2.75, 3.05) is 5.73 Å². The Labute approximate surface area is 128 Å². The van der Waals surface area contributed by atoms with Gasteiger partial charge in [-0.05, 0) is 12.1 Å². The van der Waals surface area contributed by atoms with Gasteiger partial charge in [0.15, 0.2) is 0 Å². The van der Waals surface area contributed by atoms with Crippen molar-refractivity contribution in [2.24, 2.45) is 0 Å². The van der Waals surface area contributed by atoms with E-state index in [4.69, 9.17) is 5.73 Å². The van der Waals surface area contributed by atoms with Crippen molar-refractivity contribution in [3.05, 3.63) is 29.1 Å². The Morgan fingerprint density at radius 1 is 1.22 bits per heavy atom. The molecule has 2 aliphatic rings. The molecule has 23 heavy (non-hydrogen) atoms. The second kappa shape index (κ2) is 4.47. The molecule has 6 N–H and O–H groups in total. The third-order valence-corrected chi connectivity index (χ3v) is 3.97. The summed E-state index contributed by atoms with van der Waals surface area (Å²) in [5, 5.41) is 32.1. The van der Waals surface area contributed by atoms with Gasteiger partial charge in [-0.3, -0.25) is 24.6 Å². The van der Waals surface area contributed by atoms with Crippen molar-refractivity contribution in [3.63, 3.8) is 0 Å². The van der Waals surface area contributed by atoms with Crippen molar-refractivity contribution in [3.8, 4) is 0 Å². The standard InChI is InChI=1S/C13H12FN3O6/c14-5-1-6-7(8(15)2-5)4-17(10(6)19)13(23)11(20)16-9(18)3-12(13,21)22/h1-2,21-23H,3-4,15H2,(H,16,18,20)/t13-/m0/s1. The first-order chi connectivity index (χ1) is 10.6. The van der Waals surface area contributed by atoms with Gasteiger partial charge in [0.25, 0.3) is 17.5 Å². The molecule has 1 aromatic carbocycles. The molecule has 0 bridgehead atoms. The number of aliphatic hydroxyl groups is 3. The van der Waals surface area contributed by atoms with E-state index in [1.165, 1.54) is 0 Å². The van der Waals surface area contributed by atoms with Crippen LogP contribution in [0.15, 0.2) is 12.1 Å². The number of nitrogen functional groups attached to an aromatic ring is 1. The molecule has 1 saturated heterocycles. The Morgan fingerprint density at radius 2 is 1.87 bits per heavy atom. The van der Waals surface area contributed by atoms with Crippen molar-refractivity contribution in [1.29, 1.82) is 0 Å². The largest absolute Gasteiger partial charge is 0.398 e. The highest BCUT2D eigenvalue weighted by molar-refractivity contribution is 6.08. The molecule has 1 atom stereocenters. The number of carbonyl (C=O) groups excluding carboxylic acids is 3. The molecule has 0 spiro atoms. The molecule has 0 aliphatic carbocycles. The average Bonchev–Trinajstić information content (AvgIpc) is 2.73. The van der Waals surface area contributed by atoms with E-state index in [0.29, 0.717) is 4.90 Å². The molecule has 122 valence electrons. The highest BCUT2D eigenvalue weighted by Crippen LogP contribution is 2.38. The number of anilines is 1. The number of hydrogen-bond acceptors (Lipinski definition) is 7. The summed E-state index contributed by atoms with van der Waals surface area (Å²) in [4.78, 5) is 36.0. The summed E-state index contributed by atoms with van der Waals surface area (Å²) < 4.78 is 13.4. The summed E-state index contributed by atoms with van der Waals surface area (Å²) in [6.45, 7) is -0.457. The maximum Gasteiger partial charge on any atom is 0.285 e. The summed E-state index contributed by atoms with van der Waals surface area (Å²) in [6, 6.07) is 1.81. The first kappa shape index (κ1) is 15.3. The molecule has 0 unspecified atom stereocenters. The SMILES string of the molecule is Nc1cc(F)cc2c1CN([C@]1(O)C(=O)NC(=O)CC1(O)O)C2=O. The first-order valence-corrected chi connectivity index (χ1v) is 6.49. The highest BCUT2D eigenvalue weighted by Gasteiger charge is 2.65. The van der Waals surface area contributed by atoms with Crippen molar-refractivity contribution < 1.29 is 34.1 Å². The van der Waals surface area contributed by atoms with E-state index in [1.807, 2.05) is 0 Å². The molecule has 0 aromatic heterocycles. The lowest BCUT2D eigenvalue weighted by Crippen LogP contribution is -2.75. The van der Waals surface area contributed by atoms with E-state index >= 15 is 0 Å². The molecule has 3 amide bonds. The van der Waals surface area contributed by atoms with Crippen LogP contribution in [0.25, 0.3) is 0 Å². The Morgan fingerprint density at radius 3 is 2.48 bits per heavy atom. The monoisotopic (exact) mass is 325 g/mol. The topological polar surface area (TPSA) is 153 Å². The molecule has 9 nitrogen and oxygen atoms in total. The van der Waals surface area contributed by atoms with Crippen LogP contribution in [0.1, 0.15) is 22.3 Å². The Kier molecular flexibility index (Phi) is 2.98. The molecule has 0 saturated carbocycles. The number of hydrogen-bond donors (Lipinski definition) is 5. The van der Waals surface area contributed by atoms with Crippen molar-refractivity contribution >= 4 is 23.4 Å². The molecule has 1 fully saturated rings. The number of piperidine rings is 1. The zero-order chi connectivity index (χ0) is 17.2. The quantitative estimate of drug-likeness (QED) is 0.223. The number of amides is 3. The Balaban J connectivity index is 2.09. The summed E-state index contributed by atoms with van der Waals surface area (Å²) >= 11 is 0. The van der Waals surface area contributed by atoms with Crippen LogP contribution in [-0.2, 0) is 16.1 Å². The van der Waals surface area contributed by atoms with E-state index in [1.54, 1.807) is 5.32 Å². The van der Waals surface area contributed by atoms with Gasteiger partial charge in [0, 0.05) is 16.8 Å². The summed E-state index contributed by atoms with van der Waals surface area (Å²) in [7, 11) is 0. The lowest BCUT2D eigenvalue weighted by atomic mass is 9.92. The highest BCUT2D eigenvalue weighted by atomic mass is 19.1. The fourth-order valence-corrected chi connectivity index (χ4v) is 2.79. The molecular weight excluding hydrogens is 313 g/mol. The number of imide groups is 1. The minimum atomic E-state index is -3.21. The predicted molar refractivity (Wildman–Crippen MR) is 70.6 cm³/mol. The van der Waals surface area contributed by atoms with E-state index < -0.39 is 48.0 Å². The normalized spacial score (nSPS) is 26.3. The number of nitrogens with one attached hydrogen (secondary N) is 1. The van der Waals surface area contributed by atoms with E-state index in [2.05, 4.69) is 0 Å². The minimum absolute atomic E-state index is 0.0896. The Bertz CT molecular complexity index is 764. The molecule has 2 heterocycles. The first-order valence-electron chi connectivity index (χ1n) is 6.49. The van der Waals surface area contributed by atoms with Crippen LogP contribution in [-0.4, -0.2) is 49.5 Å². The van der Waals surface area contributed by atoms with Gasteiger partial charge in [0.2, 0.25) is 11.7 Å². The summed E-state index contributed by atoms with van der Waals surface area (Å²) in [5.41, 5.74) is 2.32. The van der Waals surface area contributed by atoms with Gasteiger partial charge in [0.1, 0.15) is 5.82 Å². The van der Waals surface area contributed by atoms with Gasteiger partial charge in [-0.1, -0.05) is 0 Å². The molecule has 3 rings (SSSR count). The van der Waals surface area contributed by atoms with Crippen LogP contribution < -0.4 is 11.1 Å². The van der Waals surface area contributed by atoms with Gasteiger partial charge in [-0.15, -0.1) is 0 Å². The maximum absolute atomic E-state index is 13.4. The van der Waals surface area contributed by atoms with Gasteiger partial charge in [-0.2, -0.15) is 0 Å². The number of fused-ring (bicyclic) bond motifs is 1. The van der Waals surface area contributed by atoms with Crippen LogP contribution in [0.4, 0.5) is 10.1 Å². The Hall–Kier alpha value is -2.56. The molecule has 2 aliphatic heterocycles. The van der Waals surface area contributed by atoms with Crippen molar-refractivity contribution in [2.45, 2.75) is 24.5 Å². The number of nitrogens with zero attached hydrogens (tertiary/aromatic N) is 1. The summed E-state index contributed by atoms with van der Waals surface area (Å²) in [6.07, 6.45) is -1.03. The van der Waals surface area contributed by atoms with E-state index in [9.17, 15) is 34.1 Å². The van der Waals surface area contributed by atoms with Crippen LogP contribution in [0, 0.1) is 5.82 Å². The molecular formula is C13H12FN3O6. The van der Waals surface area contributed by atoms with Gasteiger partial charge in [-0.25, -0.2) is 4.39 Å². The maximum atomic E-state index is 13.4. The molecule has 1 aromatic rings. The smallest absolute Gasteiger partial charge is 0.285 e. The van der Waals surface area contributed by atoms with Crippen LogP contribution >= 0.6 is 0 Å². The fourth-order valence-electron chi connectivity index (χ4n) is 2.79. The zero-order valence-corrected chi connectivity index (χ0v) is 11.5. The van der Waals surface area contributed by atoms with E-state index in [-0.39, 0.29) is 16.8 Å². The second-order valence-electron chi connectivity index (χ2n) is 5.46. The number of carbonyl (C=O) groups is 3. The summed E-state index contributed by atoms with van der Waals surface area (Å²) in [5.74, 6) is -7.53. The average molecular weight is 325 g/mol. The number of rotatable bonds is 1. The number of benzene rings is 1. The zero-order valence-electron chi connectivity index (χ0n) is 11.5. The second-order valence-corrected chi connectivity index (χ2v) is 5.46. The van der Waals surface area contributed by atoms with Gasteiger partial charge in [0.05, 0.1) is 13.0 Å². The van der Waals surface area contributed by atoms with Crippen LogP contribution in [0.5, 0.6) is 0 Å². The molecule has 10 heteroatoms. The van der Waals surface area contributed by atoms with Gasteiger partial charge >= 0.3 is 0 Å². The number of halogens is 1. The third kappa shape index (κ3) is 1.92. The van der Waals surface area contributed by atoms with Crippen molar-refractivity contribution in [1.82, 2.24) is 10.2 Å².